The summed E-state index contributed by atoms with van der Waals surface area (Å²) in [4.78, 5) is 12.3. The lowest BCUT2D eigenvalue weighted by atomic mass is 10.1. The number of hydrogen-bond acceptors (Lipinski definition) is 4. The predicted octanol–water partition coefficient (Wildman–Crippen LogP) is 2.93. The third-order valence-electron chi connectivity index (χ3n) is 4.10. The monoisotopic (exact) mass is 339 g/mol. The van der Waals surface area contributed by atoms with E-state index in [9.17, 15) is 13.2 Å². The number of nitrogens with one attached hydrogen (secondary N) is 1. The molecule has 6 heteroatoms. The number of carbonyl (C=O) groups is 1. The number of hydrogen-bond donors (Lipinski definition) is 1. The highest BCUT2D eigenvalue weighted by atomic mass is 32.2. The average molecular weight is 339 g/mol. The van der Waals surface area contributed by atoms with Gasteiger partial charge in [0, 0.05) is 0 Å². The van der Waals surface area contributed by atoms with Crippen molar-refractivity contribution in [1.29, 1.82) is 0 Å². The Morgan fingerprint density at radius 3 is 2.26 bits per heavy atom. The van der Waals surface area contributed by atoms with Crippen molar-refractivity contribution >= 4 is 16.0 Å². The van der Waals surface area contributed by atoms with Crippen LogP contribution in [0.15, 0.2) is 29.2 Å². The standard InChI is InChI=1S/C17H25NO4S/c1-13-9-11-16(12-10-13)23(20,21)18-14(2)17(19)22-15-7-5-3-4-6-8-15/h9-12,14-15,18H,3-8H2,1-2H3. The smallest absolute Gasteiger partial charge is 0.324 e. The summed E-state index contributed by atoms with van der Waals surface area (Å²) in [6.07, 6.45) is 6.10. The van der Waals surface area contributed by atoms with Crippen molar-refractivity contribution in [3.8, 4) is 0 Å². The van der Waals surface area contributed by atoms with Gasteiger partial charge in [-0.15, -0.1) is 0 Å². The SMILES string of the molecule is Cc1ccc(S(=O)(=O)NC(C)C(=O)OC2CCCCCC2)cc1. The average Bonchev–Trinajstić information content (AvgIpc) is 2.76. The molecule has 0 aromatic heterocycles. The van der Waals surface area contributed by atoms with Crippen LogP contribution in [-0.2, 0) is 19.6 Å². The molecule has 0 aliphatic heterocycles. The van der Waals surface area contributed by atoms with E-state index in [-0.39, 0.29) is 11.0 Å². The zero-order valence-corrected chi connectivity index (χ0v) is 14.6. The van der Waals surface area contributed by atoms with Gasteiger partial charge in [-0.2, -0.15) is 4.72 Å². The molecule has 1 aromatic rings. The lowest BCUT2D eigenvalue weighted by Gasteiger charge is -2.19. The fraction of sp³-hybridized carbons (Fsp3) is 0.588. The van der Waals surface area contributed by atoms with Crippen LogP contribution in [0.2, 0.25) is 0 Å². The maximum atomic E-state index is 12.3. The van der Waals surface area contributed by atoms with E-state index >= 15 is 0 Å². The number of carbonyl (C=O) groups excluding carboxylic acids is 1. The van der Waals surface area contributed by atoms with E-state index in [1.807, 2.05) is 6.92 Å². The Bertz CT molecular complexity index is 616. The molecule has 1 aromatic carbocycles. The Morgan fingerprint density at radius 1 is 1.13 bits per heavy atom. The fourth-order valence-corrected chi connectivity index (χ4v) is 3.88. The van der Waals surface area contributed by atoms with Crippen molar-refractivity contribution in [1.82, 2.24) is 4.72 Å². The summed E-state index contributed by atoms with van der Waals surface area (Å²) in [5.74, 6) is -0.507. The molecule has 0 heterocycles. The van der Waals surface area contributed by atoms with Crippen molar-refractivity contribution in [2.45, 2.75) is 69.4 Å². The highest BCUT2D eigenvalue weighted by Crippen LogP contribution is 2.20. The van der Waals surface area contributed by atoms with Crippen molar-refractivity contribution in [2.75, 3.05) is 0 Å². The molecule has 0 bridgehead atoms. The number of rotatable bonds is 5. The van der Waals surface area contributed by atoms with Crippen molar-refractivity contribution < 1.29 is 17.9 Å². The van der Waals surface area contributed by atoms with Crippen LogP contribution in [0, 0.1) is 6.92 Å². The minimum Gasteiger partial charge on any atom is -0.461 e. The molecule has 128 valence electrons. The molecule has 0 spiro atoms. The van der Waals surface area contributed by atoms with Gasteiger partial charge in [-0.3, -0.25) is 4.79 Å². The summed E-state index contributed by atoms with van der Waals surface area (Å²) in [7, 11) is -3.72. The molecule has 1 aliphatic carbocycles. The minimum absolute atomic E-state index is 0.0867. The van der Waals surface area contributed by atoms with E-state index in [0.29, 0.717) is 0 Å². The Hall–Kier alpha value is -1.40. The molecule has 0 amide bonds. The lowest BCUT2D eigenvalue weighted by molar-refractivity contribution is -0.151. The molecular weight excluding hydrogens is 314 g/mol. The Morgan fingerprint density at radius 2 is 1.70 bits per heavy atom. The Labute approximate surface area is 138 Å². The molecule has 1 atom stereocenters. The molecule has 1 saturated carbocycles. The predicted molar refractivity (Wildman–Crippen MR) is 88.5 cm³/mol. The van der Waals surface area contributed by atoms with Gasteiger partial charge in [0.1, 0.15) is 12.1 Å². The Kier molecular flexibility index (Phi) is 6.18. The van der Waals surface area contributed by atoms with Gasteiger partial charge in [-0.25, -0.2) is 8.42 Å². The highest BCUT2D eigenvalue weighted by Gasteiger charge is 2.25. The van der Waals surface area contributed by atoms with Gasteiger partial charge in [0.05, 0.1) is 4.90 Å². The van der Waals surface area contributed by atoms with Crippen LogP contribution in [-0.4, -0.2) is 26.5 Å². The summed E-state index contributed by atoms with van der Waals surface area (Å²) in [6, 6.07) is 5.61. The van der Waals surface area contributed by atoms with Gasteiger partial charge < -0.3 is 4.74 Å². The normalized spacial score (nSPS) is 18.2. The number of esters is 1. The summed E-state index contributed by atoms with van der Waals surface area (Å²) in [5.41, 5.74) is 0.977. The maximum Gasteiger partial charge on any atom is 0.324 e. The van der Waals surface area contributed by atoms with Crippen molar-refractivity contribution in [3.63, 3.8) is 0 Å². The van der Waals surface area contributed by atoms with E-state index < -0.39 is 22.0 Å². The molecule has 0 saturated heterocycles. The van der Waals surface area contributed by atoms with Crippen LogP contribution in [0.25, 0.3) is 0 Å². The van der Waals surface area contributed by atoms with Crippen LogP contribution in [0.3, 0.4) is 0 Å². The topological polar surface area (TPSA) is 72.5 Å². The highest BCUT2D eigenvalue weighted by molar-refractivity contribution is 7.89. The van der Waals surface area contributed by atoms with E-state index in [4.69, 9.17) is 4.74 Å². The third-order valence-corrected chi connectivity index (χ3v) is 5.66. The number of sulfonamides is 1. The quantitative estimate of drug-likeness (QED) is 0.661. The van der Waals surface area contributed by atoms with Crippen molar-refractivity contribution in [2.24, 2.45) is 0 Å². The summed E-state index contributed by atoms with van der Waals surface area (Å²) >= 11 is 0. The van der Waals surface area contributed by atoms with Crippen LogP contribution >= 0.6 is 0 Å². The fourth-order valence-electron chi connectivity index (χ4n) is 2.69. The van der Waals surface area contributed by atoms with E-state index in [2.05, 4.69) is 4.72 Å². The second kappa shape index (κ2) is 7.93. The van der Waals surface area contributed by atoms with Crippen LogP contribution in [0.4, 0.5) is 0 Å². The van der Waals surface area contributed by atoms with Gasteiger partial charge in [0.15, 0.2) is 0 Å². The van der Waals surface area contributed by atoms with Gasteiger partial charge in [-0.1, -0.05) is 30.5 Å². The number of aryl methyl sites for hydroxylation is 1. The molecule has 5 nitrogen and oxygen atoms in total. The van der Waals surface area contributed by atoms with Gasteiger partial charge in [0.25, 0.3) is 0 Å². The molecule has 1 N–H and O–H groups in total. The first kappa shape index (κ1) is 17.9. The second-order valence-corrected chi connectivity index (χ2v) is 7.92. The number of benzene rings is 1. The van der Waals surface area contributed by atoms with E-state index in [1.165, 1.54) is 31.9 Å². The largest absolute Gasteiger partial charge is 0.461 e. The first-order valence-corrected chi connectivity index (χ1v) is 9.66. The van der Waals surface area contributed by atoms with Crippen LogP contribution < -0.4 is 4.72 Å². The molecule has 1 fully saturated rings. The Balaban J connectivity index is 1.95. The van der Waals surface area contributed by atoms with E-state index in [1.54, 1.807) is 12.1 Å². The van der Waals surface area contributed by atoms with Gasteiger partial charge in [0.2, 0.25) is 10.0 Å². The second-order valence-electron chi connectivity index (χ2n) is 6.21. The molecule has 0 radical (unpaired) electrons. The van der Waals surface area contributed by atoms with Crippen molar-refractivity contribution in [3.05, 3.63) is 29.8 Å². The lowest BCUT2D eigenvalue weighted by Crippen LogP contribution is -2.40. The molecule has 23 heavy (non-hydrogen) atoms. The first-order valence-electron chi connectivity index (χ1n) is 8.18. The molecule has 1 unspecified atom stereocenters. The zero-order valence-electron chi connectivity index (χ0n) is 13.7. The van der Waals surface area contributed by atoms with E-state index in [0.717, 1.165) is 31.2 Å². The van der Waals surface area contributed by atoms with Crippen LogP contribution in [0.1, 0.15) is 51.0 Å². The molecule has 2 rings (SSSR count). The number of ether oxygens (including phenoxy) is 1. The summed E-state index contributed by atoms with van der Waals surface area (Å²) in [6.45, 7) is 3.40. The van der Waals surface area contributed by atoms with Gasteiger partial charge in [-0.05, 0) is 51.7 Å². The minimum atomic E-state index is -3.72. The summed E-state index contributed by atoms with van der Waals surface area (Å²) in [5, 5.41) is 0. The third kappa shape index (κ3) is 5.32. The molecule has 1 aliphatic rings. The molecular formula is C17H25NO4S. The maximum absolute atomic E-state index is 12.3. The van der Waals surface area contributed by atoms with Gasteiger partial charge >= 0.3 is 5.97 Å². The summed E-state index contributed by atoms with van der Waals surface area (Å²) < 4.78 is 32.4. The zero-order chi connectivity index (χ0) is 16.9. The first-order chi connectivity index (χ1) is 10.9. The van der Waals surface area contributed by atoms with Crippen LogP contribution in [0.5, 0.6) is 0 Å².